The standard InChI is InChI=1S/C6H6N2OS/c1-9-6-4-8-5(10-6)2-3-7/h2,4,8H,1H3. The summed E-state index contributed by atoms with van der Waals surface area (Å²) in [4.78, 5) is 0. The molecule has 0 bridgehead atoms. The Balaban J connectivity index is 2.53. The normalized spacial score (nSPS) is 19.6. The van der Waals surface area contributed by atoms with Crippen molar-refractivity contribution in [1.29, 1.82) is 5.26 Å². The highest BCUT2D eigenvalue weighted by atomic mass is 32.2. The Bertz CT molecular complexity index is 226. The predicted octanol–water partition coefficient (Wildman–Crippen LogP) is 1.13. The molecule has 0 aromatic rings. The lowest BCUT2D eigenvalue weighted by atomic mass is 10.7. The summed E-state index contributed by atoms with van der Waals surface area (Å²) in [5.41, 5.74) is 0. The van der Waals surface area contributed by atoms with E-state index in [9.17, 15) is 0 Å². The smallest absolute Gasteiger partial charge is 0.174 e. The van der Waals surface area contributed by atoms with Gasteiger partial charge in [-0.05, 0) is 11.8 Å². The van der Waals surface area contributed by atoms with E-state index < -0.39 is 0 Å². The second-order valence-corrected chi connectivity index (χ2v) is 2.60. The van der Waals surface area contributed by atoms with E-state index in [1.165, 1.54) is 17.8 Å². The minimum Gasteiger partial charge on any atom is -0.489 e. The summed E-state index contributed by atoms with van der Waals surface area (Å²) in [6.45, 7) is 0. The SMILES string of the molecule is COC1=CNC(=CC#N)S1. The third-order valence-electron chi connectivity index (χ3n) is 0.940. The molecule has 0 aromatic heterocycles. The molecule has 0 amide bonds. The molecular formula is C6H6N2OS. The highest BCUT2D eigenvalue weighted by Gasteiger charge is 2.09. The molecule has 52 valence electrons. The minimum absolute atomic E-state index is 0.779. The van der Waals surface area contributed by atoms with Gasteiger partial charge in [-0.3, -0.25) is 0 Å². The van der Waals surface area contributed by atoms with Crippen molar-refractivity contribution in [3.05, 3.63) is 22.4 Å². The fourth-order valence-electron chi connectivity index (χ4n) is 0.528. The molecule has 0 saturated heterocycles. The summed E-state index contributed by atoms with van der Waals surface area (Å²) >= 11 is 1.40. The molecule has 10 heavy (non-hydrogen) atoms. The molecule has 1 rings (SSSR count). The van der Waals surface area contributed by atoms with Gasteiger partial charge in [0.15, 0.2) is 5.09 Å². The van der Waals surface area contributed by atoms with Gasteiger partial charge in [-0.2, -0.15) is 5.26 Å². The molecule has 0 radical (unpaired) electrons. The number of methoxy groups -OCH3 is 1. The number of rotatable bonds is 1. The van der Waals surface area contributed by atoms with Crippen LogP contribution in [0.1, 0.15) is 0 Å². The number of ether oxygens (including phenoxy) is 1. The first kappa shape index (κ1) is 7.03. The number of nitrogens with zero attached hydrogens (tertiary/aromatic N) is 1. The zero-order chi connectivity index (χ0) is 7.40. The number of hydrogen-bond donors (Lipinski definition) is 1. The summed E-state index contributed by atoms with van der Waals surface area (Å²) in [6.07, 6.45) is 3.15. The van der Waals surface area contributed by atoms with E-state index in [4.69, 9.17) is 10.00 Å². The van der Waals surface area contributed by atoms with Gasteiger partial charge in [0.1, 0.15) is 0 Å². The lowest BCUT2D eigenvalue weighted by molar-refractivity contribution is 0.324. The van der Waals surface area contributed by atoms with Crippen molar-refractivity contribution in [2.24, 2.45) is 0 Å². The third kappa shape index (κ3) is 1.45. The number of nitriles is 1. The highest BCUT2D eigenvalue weighted by molar-refractivity contribution is 8.06. The van der Waals surface area contributed by atoms with E-state index >= 15 is 0 Å². The quantitative estimate of drug-likeness (QED) is 0.575. The van der Waals surface area contributed by atoms with Gasteiger partial charge in [0.25, 0.3) is 0 Å². The van der Waals surface area contributed by atoms with Gasteiger partial charge in [-0.15, -0.1) is 0 Å². The van der Waals surface area contributed by atoms with Crippen LogP contribution in [0.2, 0.25) is 0 Å². The van der Waals surface area contributed by atoms with Crippen LogP contribution in [0.15, 0.2) is 22.4 Å². The Morgan fingerprint density at radius 1 is 1.90 bits per heavy atom. The first-order chi connectivity index (χ1) is 4.86. The topological polar surface area (TPSA) is 45.0 Å². The fourth-order valence-corrected chi connectivity index (χ4v) is 1.18. The number of nitrogens with one attached hydrogen (secondary N) is 1. The van der Waals surface area contributed by atoms with Crippen LogP contribution in [0.5, 0.6) is 0 Å². The van der Waals surface area contributed by atoms with Crippen LogP contribution in [0.25, 0.3) is 0 Å². The van der Waals surface area contributed by atoms with Crippen LogP contribution in [0.4, 0.5) is 0 Å². The van der Waals surface area contributed by atoms with E-state index in [0.717, 1.165) is 10.1 Å². The van der Waals surface area contributed by atoms with Gasteiger partial charge in [-0.1, -0.05) is 0 Å². The molecule has 0 spiro atoms. The molecule has 0 atom stereocenters. The van der Waals surface area contributed by atoms with Gasteiger partial charge < -0.3 is 10.1 Å². The van der Waals surface area contributed by atoms with Gasteiger partial charge in [0.05, 0.1) is 24.4 Å². The van der Waals surface area contributed by atoms with E-state index in [1.54, 1.807) is 13.3 Å². The van der Waals surface area contributed by atoms with Gasteiger partial charge in [-0.25, -0.2) is 0 Å². The maximum Gasteiger partial charge on any atom is 0.174 e. The Hall–Kier alpha value is -1.08. The molecular weight excluding hydrogens is 148 g/mol. The van der Waals surface area contributed by atoms with Crippen molar-refractivity contribution in [2.75, 3.05) is 7.11 Å². The summed E-state index contributed by atoms with van der Waals surface area (Å²) < 4.78 is 4.90. The van der Waals surface area contributed by atoms with Gasteiger partial charge in [0, 0.05) is 6.08 Å². The third-order valence-corrected chi connectivity index (χ3v) is 1.88. The minimum atomic E-state index is 0.779. The van der Waals surface area contributed by atoms with Crippen molar-refractivity contribution in [1.82, 2.24) is 5.32 Å². The first-order valence-corrected chi connectivity index (χ1v) is 3.47. The van der Waals surface area contributed by atoms with Crippen LogP contribution in [-0.4, -0.2) is 7.11 Å². The molecule has 0 aromatic carbocycles. The monoisotopic (exact) mass is 154 g/mol. The number of hydrogen-bond acceptors (Lipinski definition) is 4. The molecule has 3 nitrogen and oxygen atoms in total. The van der Waals surface area contributed by atoms with Crippen molar-refractivity contribution in [3.63, 3.8) is 0 Å². The van der Waals surface area contributed by atoms with Crippen LogP contribution in [0, 0.1) is 11.3 Å². The van der Waals surface area contributed by atoms with Crippen molar-refractivity contribution in [2.45, 2.75) is 0 Å². The molecule has 4 heteroatoms. The lowest BCUT2D eigenvalue weighted by Crippen LogP contribution is -1.93. The van der Waals surface area contributed by atoms with Crippen LogP contribution < -0.4 is 5.32 Å². The molecule has 0 unspecified atom stereocenters. The molecule has 1 aliphatic rings. The van der Waals surface area contributed by atoms with Crippen LogP contribution in [0.3, 0.4) is 0 Å². The first-order valence-electron chi connectivity index (χ1n) is 2.65. The highest BCUT2D eigenvalue weighted by Crippen LogP contribution is 2.28. The van der Waals surface area contributed by atoms with Crippen LogP contribution >= 0.6 is 11.8 Å². The van der Waals surface area contributed by atoms with E-state index in [0.29, 0.717) is 0 Å². The molecule has 0 fully saturated rings. The molecule has 1 aliphatic heterocycles. The molecule has 0 aliphatic carbocycles. The zero-order valence-corrected chi connectivity index (χ0v) is 6.23. The maximum absolute atomic E-state index is 8.24. The number of thioether (sulfide) groups is 1. The van der Waals surface area contributed by atoms with E-state index in [1.807, 2.05) is 6.07 Å². The predicted molar refractivity (Wildman–Crippen MR) is 39.5 cm³/mol. The van der Waals surface area contributed by atoms with Gasteiger partial charge in [0.2, 0.25) is 0 Å². The number of allylic oxidation sites excluding steroid dienone is 1. The van der Waals surface area contributed by atoms with Gasteiger partial charge >= 0.3 is 0 Å². The Kier molecular flexibility index (Phi) is 2.24. The molecule has 0 saturated carbocycles. The van der Waals surface area contributed by atoms with Crippen molar-refractivity contribution >= 4 is 11.8 Å². The Labute approximate surface area is 63.4 Å². The second-order valence-electron chi connectivity index (χ2n) is 1.55. The molecule has 1 heterocycles. The average molecular weight is 154 g/mol. The maximum atomic E-state index is 8.24. The van der Waals surface area contributed by atoms with Crippen LogP contribution in [-0.2, 0) is 4.74 Å². The summed E-state index contributed by atoms with van der Waals surface area (Å²) in [6, 6.07) is 1.92. The van der Waals surface area contributed by atoms with E-state index in [-0.39, 0.29) is 0 Å². The summed E-state index contributed by atoms with van der Waals surface area (Å²) in [7, 11) is 1.59. The van der Waals surface area contributed by atoms with Crippen molar-refractivity contribution in [3.8, 4) is 6.07 Å². The lowest BCUT2D eigenvalue weighted by Gasteiger charge is -1.94. The van der Waals surface area contributed by atoms with Crippen molar-refractivity contribution < 1.29 is 4.74 Å². The Morgan fingerprint density at radius 3 is 3.20 bits per heavy atom. The largest absolute Gasteiger partial charge is 0.489 e. The zero-order valence-electron chi connectivity index (χ0n) is 5.42. The molecule has 1 N–H and O–H groups in total. The summed E-state index contributed by atoms with van der Waals surface area (Å²) in [5, 5.41) is 12.7. The summed E-state index contributed by atoms with van der Waals surface area (Å²) in [5.74, 6) is 0. The second kappa shape index (κ2) is 3.18. The fraction of sp³-hybridized carbons (Fsp3) is 0.167. The van der Waals surface area contributed by atoms with E-state index in [2.05, 4.69) is 5.32 Å². The Morgan fingerprint density at radius 2 is 2.70 bits per heavy atom. The average Bonchev–Trinajstić information content (AvgIpc) is 2.37.